The first kappa shape index (κ1) is 19.2. The van der Waals surface area contributed by atoms with Gasteiger partial charge in [0.15, 0.2) is 5.76 Å². The van der Waals surface area contributed by atoms with Crippen LogP contribution in [0, 0.1) is 13.8 Å². The van der Waals surface area contributed by atoms with Crippen LogP contribution >= 0.6 is 0 Å². The van der Waals surface area contributed by atoms with Gasteiger partial charge in [-0.25, -0.2) is 4.68 Å². The van der Waals surface area contributed by atoms with Gasteiger partial charge < -0.3 is 19.6 Å². The standard InChI is InChI=1S/C19H20N4O5/c1-12-3-5-16(13(2)7-12)27-11-15-4-6-17(28-15)19(26)20-8-14-9-23(22-21-14)10-18(24)25/h3-7,9H,8,10-11H2,1-2H3,(H,20,26)(H,24,25). The molecular weight excluding hydrogens is 364 g/mol. The van der Waals surface area contributed by atoms with E-state index in [0.717, 1.165) is 16.9 Å². The van der Waals surface area contributed by atoms with Crippen LogP contribution in [0.25, 0.3) is 0 Å². The third-order valence-electron chi connectivity index (χ3n) is 3.90. The number of carboxylic acid groups (broad SMARTS) is 1. The molecule has 0 fully saturated rings. The number of nitrogens with zero attached hydrogens (tertiary/aromatic N) is 3. The van der Waals surface area contributed by atoms with Crippen LogP contribution in [0.5, 0.6) is 5.75 Å². The molecule has 0 aliphatic carbocycles. The first-order valence-electron chi connectivity index (χ1n) is 8.58. The molecule has 0 radical (unpaired) electrons. The fourth-order valence-corrected chi connectivity index (χ4v) is 2.58. The first-order valence-corrected chi connectivity index (χ1v) is 8.58. The molecule has 0 spiro atoms. The molecule has 0 aliphatic heterocycles. The van der Waals surface area contributed by atoms with Gasteiger partial charge >= 0.3 is 5.97 Å². The molecule has 1 amide bonds. The van der Waals surface area contributed by atoms with Crippen LogP contribution in [0.3, 0.4) is 0 Å². The summed E-state index contributed by atoms with van der Waals surface area (Å²) in [6.07, 6.45) is 1.46. The average Bonchev–Trinajstić information content (AvgIpc) is 3.28. The molecule has 0 saturated heterocycles. The number of hydrogen-bond donors (Lipinski definition) is 2. The molecule has 9 heteroatoms. The molecule has 1 aromatic carbocycles. The maximum absolute atomic E-state index is 12.2. The zero-order valence-electron chi connectivity index (χ0n) is 15.5. The summed E-state index contributed by atoms with van der Waals surface area (Å²) in [5, 5.41) is 18.8. The molecule has 3 rings (SSSR count). The van der Waals surface area contributed by atoms with Gasteiger partial charge in [-0.3, -0.25) is 9.59 Å². The highest BCUT2D eigenvalue weighted by molar-refractivity contribution is 5.91. The SMILES string of the molecule is Cc1ccc(OCc2ccc(C(=O)NCc3cn(CC(=O)O)nn3)o2)c(C)c1. The van der Waals surface area contributed by atoms with Gasteiger partial charge in [-0.1, -0.05) is 22.9 Å². The molecule has 2 N–H and O–H groups in total. The Morgan fingerprint density at radius 3 is 2.82 bits per heavy atom. The summed E-state index contributed by atoms with van der Waals surface area (Å²) in [6.45, 7) is 4.01. The summed E-state index contributed by atoms with van der Waals surface area (Å²) < 4.78 is 12.4. The predicted octanol–water partition coefficient (Wildman–Crippen LogP) is 2.08. The number of aromatic nitrogens is 3. The van der Waals surface area contributed by atoms with Crippen molar-refractivity contribution < 1.29 is 23.8 Å². The van der Waals surface area contributed by atoms with Crippen LogP contribution in [-0.4, -0.2) is 32.0 Å². The second kappa shape index (κ2) is 8.38. The molecule has 146 valence electrons. The van der Waals surface area contributed by atoms with Gasteiger partial charge in [0.05, 0.1) is 12.7 Å². The highest BCUT2D eigenvalue weighted by Crippen LogP contribution is 2.20. The van der Waals surface area contributed by atoms with E-state index in [1.54, 1.807) is 12.1 Å². The normalized spacial score (nSPS) is 10.6. The lowest BCUT2D eigenvalue weighted by molar-refractivity contribution is -0.137. The lowest BCUT2D eigenvalue weighted by Crippen LogP contribution is -2.22. The number of carbonyl (C=O) groups is 2. The van der Waals surface area contributed by atoms with Crippen molar-refractivity contribution in [3.05, 3.63) is 64.9 Å². The monoisotopic (exact) mass is 384 g/mol. The number of aryl methyl sites for hydroxylation is 2. The zero-order chi connectivity index (χ0) is 20.1. The van der Waals surface area contributed by atoms with E-state index in [0.29, 0.717) is 11.5 Å². The third-order valence-corrected chi connectivity index (χ3v) is 3.90. The fourth-order valence-electron chi connectivity index (χ4n) is 2.58. The molecule has 3 aromatic rings. The molecule has 0 aliphatic rings. The number of amides is 1. The van der Waals surface area contributed by atoms with E-state index < -0.39 is 11.9 Å². The number of ether oxygens (including phenoxy) is 1. The fraction of sp³-hybridized carbons (Fsp3) is 0.263. The summed E-state index contributed by atoms with van der Waals surface area (Å²) in [5.74, 6) is 0.00401. The molecule has 0 unspecified atom stereocenters. The Labute approximate surface area is 160 Å². The zero-order valence-corrected chi connectivity index (χ0v) is 15.5. The minimum atomic E-state index is -1.02. The minimum Gasteiger partial charge on any atom is -0.485 e. The lowest BCUT2D eigenvalue weighted by Gasteiger charge is -2.08. The molecule has 28 heavy (non-hydrogen) atoms. The maximum Gasteiger partial charge on any atom is 0.325 e. The number of carbonyl (C=O) groups excluding carboxylic acids is 1. The summed E-state index contributed by atoms with van der Waals surface area (Å²) >= 11 is 0. The molecule has 2 aromatic heterocycles. The van der Waals surface area contributed by atoms with Crippen molar-refractivity contribution >= 4 is 11.9 Å². The number of nitrogens with one attached hydrogen (secondary N) is 1. The van der Waals surface area contributed by atoms with Gasteiger partial charge in [-0.05, 0) is 37.6 Å². The highest BCUT2D eigenvalue weighted by Gasteiger charge is 2.13. The third kappa shape index (κ3) is 4.97. The number of rotatable bonds is 8. The van der Waals surface area contributed by atoms with Crippen molar-refractivity contribution in [3.8, 4) is 5.75 Å². The largest absolute Gasteiger partial charge is 0.485 e. The molecule has 0 atom stereocenters. The highest BCUT2D eigenvalue weighted by atomic mass is 16.5. The second-order valence-corrected chi connectivity index (χ2v) is 6.31. The molecule has 0 bridgehead atoms. The van der Waals surface area contributed by atoms with Gasteiger partial charge in [-0.15, -0.1) is 5.10 Å². The van der Waals surface area contributed by atoms with Crippen molar-refractivity contribution in [2.45, 2.75) is 33.5 Å². The van der Waals surface area contributed by atoms with Crippen molar-refractivity contribution in [1.29, 1.82) is 0 Å². The van der Waals surface area contributed by atoms with Crippen molar-refractivity contribution in [2.75, 3.05) is 0 Å². The van der Waals surface area contributed by atoms with Crippen LogP contribution in [0.2, 0.25) is 0 Å². The van der Waals surface area contributed by atoms with E-state index in [1.807, 2.05) is 32.0 Å². The van der Waals surface area contributed by atoms with Crippen LogP contribution in [0.4, 0.5) is 0 Å². The van der Waals surface area contributed by atoms with E-state index in [1.165, 1.54) is 10.9 Å². The Morgan fingerprint density at radius 1 is 1.25 bits per heavy atom. The van der Waals surface area contributed by atoms with Crippen molar-refractivity contribution in [1.82, 2.24) is 20.3 Å². The number of aliphatic carboxylic acids is 1. The van der Waals surface area contributed by atoms with Gasteiger partial charge in [-0.2, -0.15) is 0 Å². The summed E-state index contributed by atoms with van der Waals surface area (Å²) in [5.41, 5.74) is 2.63. The second-order valence-electron chi connectivity index (χ2n) is 6.31. The molecular formula is C19H20N4O5. The summed E-state index contributed by atoms with van der Waals surface area (Å²) in [7, 11) is 0. The van der Waals surface area contributed by atoms with Gasteiger partial charge in [0, 0.05) is 0 Å². The van der Waals surface area contributed by atoms with E-state index >= 15 is 0 Å². The van der Waals surface area contributed by atoms with Gasteiger partial charge in [0.25, 0.3) is 5.91 Å². The number of carboxylic acids is 1. The van der Waals surface area contributed by atoms with E-state index in [9.17, 15) is 9.59 Å². The van der Waals surface area contributed by atoms with Crippen molar-refractivity contribution in [2.24, 2.45) is 0 Å². The topological polar surface area (TPSA) is 119 Å². The number of furan rings is 1. The minimum absolute atomic E-state index is 0.105. The number of hydrogen-bond acceptors (Lipinski definition) is 6. The Bertz CT molecular complexity index is 992. The molecule has 9 nitrogen and oxygen atoms in total. The summed E-state index contributed by atoms with van der Waals surface area (Å²) in [6, 6.07) is 9.15. The van der Waals surface area contributed by atoms with Crippen LogP contribution in [-0.2, 0) is 24.5 Å². The Kier molecular flexibility index (Phi) is 5.73. The maximum atomic E-state index is 12.2. The van der Waals surface area contributed by atoms with Crippen molar-refractivity contribution in [3.63, 3.8) is 0 Å². The lowest BCUT2D eigenvalue weighted by atomic mass is 10.1. The summed E-state index contributed by atoms with van der Waals surface area (Å²) in [4.78, 5) is 22.8. The smallest absolute Gasteiger partial charge is 0.325 e. The van der Waals surface area contributed by atoms with E-state index in [2.05, 4.69) is 15.6 Å². The van der Waals surface area contributed by atoms with E-state index in [4.69, 9.17) is 14.3 Å². The Hall–Kier alpha value is -3.62. The Morgan fingerprint density at radius 2 is 2.07 bits per heavy atom. The predicted molar refractivity (Wildman–Crippen MR) is 97.8 cm³/mol. The molecule has 2 heterocycles. The van der Waals surface area contributed by atoms with Gasteiger partial charge in [0.2, 0.25) is 0 Å². The quantitative estimate of drug-likeness (QED) is 0.610. The van der Waals surface area contributed by atoms with Gasteiger partial charge in [0.1, 0.15) is 30.4 Å². The van der Waals surface area contributed by atoms with E-state index in [-0.39, 0.29) is 25.5 Å². The van der Waals surface area contributed by atoms with Crippen LogP contribution in [0.15, 0.2) is 40.9 Å². The van der Waals surface area contributed by atoms with Crippen LogP contribution < -0.4 is 10.1 Å². The number of benzene rings is 1. The molecule has 0 saturated carbocycles. The first-order chi connectivity index (χ1) is 13.4. The Balaban J connectivity index is 1.52. The average molecular weight is 384 g/mol. The van der Waals surface area contributed by atoms with Crippen LogP contribution in [0.1, 0.15) is 33.1 Å².